The molecule has 7 heteroatoms. The third-order valence-corrected chi connectivity index (χ3v) is 4.51. The molecule has 1 heterocycles. The van der Waals surface area contributed by atoms with Crippen LogP contribution in [0.4, 0.5) is 5.69 Å². The highest BCUT2D eigenvalue weighted by atomic mass is 79.9. The third kappa shape index (κ3) is 5.52. The number of benzene rings is 2. The van der Waals surface area contributed by atoms with E-state index in [1.165, 1.54) is 19.3 Å². The van der Waals surface area contributed by atoms with Gasteiger partial charge < -0.3 is 15.1 Å². The molecule has 3 rings (SSSR count). The second-order valence-corrected chi connectivity index (χ2v) is 7.04. The summed E-state index contributed by atoms with van der Waals surface area (Å²) in [6.07, 6.45) is 2.91. The van der Waals surface area contributed by atoms with Gasteiger partial charge in [0, 0.05) is 27.4 Å². The van der Waals surface area contributed by atoms with E-state index in [1.807, 2.05) is 0 Å². The van der Waals surface area contributed by atoms with Crippen LogP contribution in [0.5, 0.6) is 0 Å². The van der Waals surface area contributed by atoms with Gasteiger partial charge in [-0.05, 0) is 67.6 Å². The largest absolute Gasteiger partial charge is 0.465 e. The quantitative estimate of drug-likeness (QED) is 0.420. The van der Waals surface area contributed by atoms with E-state index in [4.69, 9.17) is 4.42 Å². The molecule has 146 valence electrons. The van der Waals surface area contributed by atoms with Gasteiger partial charge in [0.05, 0.1) is 6.26 Å². The monoisotopic (exact) mass is 452 g/mol. The summed E-state index contributed by atoms with van der Waals surface area (Å²) < 4.78 is 6.10. The van der Waals surface area contributed by atoms with Gasteiger partial charge in [-0.1, -0.05) is 15.9 Å². The summed E-state index contributed by atoms with van der Waals surface area (Å²) >= 11 is 3.32. The van der Waals surface area contributed by atoms with Crippen LogP contribution in [-0.2, 0) is 4.79 Å². The lowest BCUT2D eigenvalue weighted by atomic mass is 10.1. The maximum absolute atomic E-state index is 12.8. The average molecular weight is 453 g/mol. The molecular formula is C22H17BrN2O4. The number of Topliss-reactive ketones (excluding diaryl/α,β-unsaturated/α-hetero) is 1. The molecule has 2 N–H and O–H groups in total. The Labute approximate surface area is 175 Å². The minimum Gasteiger partial charge on any atom is -0.465 e. The van der Waals surface area contributed by atoms with E-state index in [9.17, 15) is 14.4 Å². The SMILES string of the molecule is CC(=O)c1ccc(NC(=O)/C(=C/c2ccco2)NC(=O)c2ccc(Br)cc2)cc1. The highest BCUT2D eigenvalue weighted by molar-refractivity contribution is 9.10. The van der Waals surface area contributed by atoms with Crippen LogP contribution in [0.1, 0.15) is 33.4 Å². The zero-order valence-electron chi connectivity index (χ0n) is 15.4. The minimum absolute atomic E-state index is 0.0171. The third-order valence-electron chi connectivity index (χ3n) is 3.98. The van der Waals surface area contributed by atoms with E-state index < -0.39 is 11.8 Å². The lowest BCUT2D eigenvalue weighted by molar-refractivity contribution is -0.113. The van der Waals surface area contributed by atoms with Crippen LogP contribution in [0.25, 0.3) is 6.08 Å². The lowest BCUT2D eigenvalue weighted by Gasteiger charge is -2.11. The van der Waals surface area contributed by atoms with Crippen molar-refractivity contribution in [3.63, 3.8) is 0 Å². The molecule has 0 saturated carbocycles. The molecule has 0 spiro atoms. The van der Waals surface area contributed by atoms with Gasteiger partial charge in [0.1, 0.15) is 11.5 Å². The van der Waals surface area contributed by atoms with Gasteiger partial charge in [0.15, 0.2) is 5.78 Å². The molecule has 3 aromatic rings. The molecule has 2 amide bonds. The molecule has 0 unspecified atom stereocenters. The second kappa shape index (κ2) is 9.16. The zero-order valence-corrected chi connectivity index (χ0v) is 17.0. The lowest BCUT2D eigenvalue weighted by Crippen LogP contribution is -2.30. The summed E-state index contributed by atoms with van der Waals surface area (Å²) in [5, 5.41) is 5.33. The number of amides is 2. The van der Waals surface area contributed by atoms with Gasteiger partial charge in [-0.2, -0.15) is 0 Å². The van der Waals surface area contributed by atoms with Gasteiger partial charge >= 0.3 is 0 Å². The normalized spacial score (nSPS) is 11.0. The summed E-state index contributed by atoms with van der Waals surface area (Å²) in [4.78, 5) is 36.7. The number of hydrogen-bond acceptors (Lipinski definition) is 4. The van der Waals surface area contributed by atoms with Crippen molar-refractivity contribution in [1.29, 1.82) is 0 Å². The van der Waals surface area contributed by atoms with Crippen LogP contribution < -0.4 is 10.6 Å². The maximum Gasteiger partial charge on any atom is 0.272 e. The summed E-state index contributed by atoms with van der Waals surface area (Å²) in [7, 11) is 0. The number of hydrogen-bond donors (Lipinski definition) is 2. The molecule has 0 aliphatic rings. The standard InChI is InChI=1S/C22H17BrN2O4/c1-14(26)15-6-10-18(11-7-15)24-22(28)20(13-19-3-2-12-29-19)25-21(27)16-4-8-17(23)9-5-16/h2-13H,1H3,(H,24,28)(H,25,27)/b20-13-. The molecule has 0 atom stereocenters. The number of anilines is 1. The smallest absolute Gasteiger partial charge is 0.272 e. The Bertz CT molecular complexity index is 1050. The minimum atomic E-state index is -0.526. The van der Waals surface area contributed by atoms with E-state index in [0.29, 0.717) is 22.6 Å². The number of rotatable bonds is 6. The molecule has 0 saturated heterocycles. The fraction of sp³-hybridized carbons (Fsp3) is 0.0455. The first-order valence-corrected chi connectivity index (χ1v) is 9.46. The molecule has 29 heavy (non-hydrogen) atoms. The molecule has 0 radical (unpaired) electrons. The summed E-state index contributed by atoms with van der Waals surface area (Å²) in [6.45, 7) is 1.47. The van der Waals surface area contributed by atoms with Crippen molar-refractivity contribution in [1.82, 2.24) is 5.32 Å². The predicted octanol–water partition coefficient (Wildman–Crippen LogP) is 4.65. The average Bonchev–Trinajstić information content (AvgIpc) is 3.21. The number of furan rings is 1. The number of halogens is 1. The molecule has 0 bridgehead atoms. The number of carbonyl (C=O) groups is 3. The molecule has 6 nitrogen and oxygen atoms in total. The molecule has 0 aliphatic heterocycles. The Morgan fingerprint density at radius 1 is 0.931 bits per heavy atom. The first kappa shape index (κ1) is 20.3. The molecular weight excluding hydrogens is 436 g/mol. The van der Waals surface area contributed by atoms with Crippen LogP contribution in [-0.4, -0.2) is 17.6 Å². The van der Waals surface area contributed by atoms with Crippen molar-refractivity contribution in [2.24, 2.45) is 0 Å². The van der Waals surface area contributed by atoms with E-state index in [1.54, 1.807) is 60.7 Å². The molecule has 0 fully saturated rings. The van der Waals surface area contributed by atoms with Crippen molar-refractivity contribution >= 4 is 45.3 Å². The van der Waals surface area contributed by atoms with E-state index in [0.717, 1.165) is 4.47 Å². The summed E-state index contributed by atoms with van der Waals surface area (Å²) in [5.74, 6) is -0.610. The Kier molecular flexibility index (Phi) is 6.41. The van der Waals surface area contributed by atoms with Crippen molar-refractivity contribution < 1.29 is 18.8 Å². The topological polar surface area (TPSA) is 88.4 Å². The van der Waals surface area contributed by atoms with Crippen molar-refractivity contribution in [3.05, 3.63) is 94.0 Å². The zero-order chi connectivity index (χ0) is 20.8. The highest BCUT2D eigenvalue weighted by Gasteiger charge is 2.16. The van der Waals surface area contributed by atoms with E-state index in [2.05, 4.69) is 26.6 Å². The molecule has 1 aromatic heterocycles. The van der Waals surface area contributed by atoms with Gasteiger partial charge in [-0.25, -0.2) is 0 Å². The van der Waals surface area contributed by atoms with E-state index in [-0.39, 0.29) is 11.5 Å². The summed E-state index contributed by atoms with van der Waals surface area (Å²) in [5.41, 5.74) is 1.45. The number of carbonyl (C=O) groups excluding carboxylic acids is 3. The first-order valence-electron chi connectivity index (χ1n) is 8.67. The van der Waals surface area contributed by atoms with Gasteiger partial charge in [0.2, 0.25) is 0 Å². The van der Waals surface area contributed by atoms with Crippen molar-refractivity contribution in [2.75, 3.05) is 5.32 Å². The van der Waals surface area contributed by atoms with Crippen LogP contribution in [0.15, 0.2) is 81.5 Å². The predicted molar refractivity (Wildman–Crippen MR) is 113 cm³/mol. The number of ketones is 1. The Hall–Kier alpha value is -3.45. The Morgan fingerprint density at radius 3 is 2.17 bits per heavy atom. The van der Waals surface area contributed by atoms with Crippen molar-refractivity contribution in [2.45, 2.75) is 6.92 Å². The number of nitrogens with one attached hydrogen (secondary N) is 2. The maximum atomic E-state index is 12.8. The van der Waals surface area contributed by atoms with Crippen molar-refractivity contribution in [3.8, 4) is 0 Å². The summed E-state index contributed by atoms with van der Waals surface area (Å²) in [6, 6.07) is 16.6. The second-order valence-electron chi connectivity index (χ2n) is 6.12. The fourth-order valence-electron chi connectivity index (χ4n) is 2.46. The van der Waals surface area contributed by atoms with Crippen LogP contribution >= 0.6 is 15.9 Å². The highest BCUT2D eigenvalue weighted by Crippen LogP contribution is 2.14. The van der Waals surface area contributed by atoms with Crippen LogP contribution in [0.2, 0.25) is 0 Å². The van der Waals surface area contributed by atoms with Gasteiger partial charge in [-0.3, -0.25) is 14.4 Å². The van der Waals surface area contributed by atoms with Gasteiger partial charge in [0.25, 0.3) is 11.8 Å². The van der Waals surface area contributed by atoms with Crippen LogP contribution in [0, 0.1) is 0 Å². The van der Waals surface area contributed by atoms with Crippen LogP contribution in [0.3, 0.4) is 0 Å². The first-order chi connectivity index (χ1) is 13.9. The van der Waals surface area contributed by atoms with Gasteiger partial charge in [-0.15, -0.1) is 0 Å². The molecule has 0 aliphatic carbocycles. The van der Waals surface area contributed by atoms with E-state index >= 15 is 0 Å². The fourth-order valence-corrected chi connectivity index (χ4v) is 2.72. The Balaban J connectivity index is 1.81. The Morgan fingerprint density at radius 2 is 1.59 bits per heavy atom. The molecule has 2 aromatic carbocycles.